The Labute approximate surface area is 116 Å². The van der Waals surface area contributed by atoms with Gasteiger partial charge in [-0.15, -0.1) is 0 Å². The zero-order valence-corrected chi connectivity index (χ0v) is 12.4. The summed E-state index contributed by atoms with van der Waals surface area (Å²) in [7, 11) is 5.95. The molecule has 2 rings (SSSR count). The van der Waals surface area contributed by atoms with Gasteiger partial charge in [-0.05, 0) is 33.2 Å². The Morgan fingerprint density at radius 2 is 2.05 bits per heavy atom. The first-order valence-electron chi connectivity index (χ1n) is 6.92. The van der Waals surface area contributed by atoms with Gasteiger partial charge in [-0.25, -0.2) is 0 Å². The van der Waals surface area contributed by atoms with E-state index in [9.17, 15) is 0 Å². The Kier molecular flexibility index (Phi) is 4.66. The summed E-state index contributed by atoms with van der Waals surface area (Å²) in [5.41, 5.74) is 1.20. The Morgan fingerprint density at radius 1 is 1.32 bits per heavy atom. The number of ether oxygens (including phenoxy) is 1. The van der Waals surface area contributed by atoms with Crippen molar-refractivity contribution >= 4 is 5.69 Å². The molecular weight excluding hydrogens is 238 g/mol. The lowest BCUT2D eigenvalue weighted by Crippen LogP contribution is -2.59. The Hall–Kier alpha value is -1.26. The normalized spacial score (nSPS) is 24.5. The van der Waals surface area contributed by atoms with Crippen LogP contribution in [0.25, 0.3) is 0 Å². The molecular formula is C15H25N3O. The summed E-state index contributed by atoms with van der Waals surface area (Å²) in [6.07, 6.45) is 0. The number of rotatable bonds is 4. The van der Waals surface area contributed by atoms with Gasteiger partial charge in [0.2, 0.25) is 0 Å². The van der Waals surface area contributed by atoms with Gasteiger partial charge in [-0.3, -0.25) is 0 Å². The van der Waals surface area contributed by atoms with Crippen molar-refractivity contribution in [2.75, 3.05) is 45.7 Å². The summed E-state index contributed by atoms with van der Waals surface area (Å²) in [6, 6.07) is 9.25. The van der Waals surface area contributed by atoms with Gasteiger partial charge in [0.05, 0.1) is 18.8 Å². The Balaban J connectivity index is 2.32. The molecule has 0 aliphatic carbocycles. The van der Waals surface area contributed by atoms with E-state index >= 15 is 0 Å². The molecule has 0 radical (unpaired) electrons. The van der Waals surface area contributed by atoms with Gasteiger partial charge >= 0.3 is 0 Å². The van der Waals surface area contributed by atoms with Crippen LogP contribution in [0.5, 0.6) is 5.75 Å². The SMILES string of the molecule is CNCC1CN(C)CC(C)N1c1ccccc1OC. The summed E-state index contributed by atoms with van der Waals surface area (Å²) in [5.74, 6) is 0.958. The summed E-state index contributed by atoms with van der Waals surface area (Å²) in [4.78, 5) is 4.90. The average molecular weight is 263 g/mol. The molecule has 1 heterocycles. The minimum absolute atomic E-state index is 0.468. The highest BCUT2D eigenvalue weighted by Crippen LogP contribution is 2.32. The van der Waals surface area contributed by atoms with Gasteiger partial charge in [0.25, 0.3) is 0 Å². The number of nitrogens with one attached hydrogen (secondary N) is 1. The molecule has 106 valence electrons. The second-order valence-electron chi connectivity index (χ2n) is 5.36. The van der Waals surface area contributed by atoms with Gasteiger partial charge < -0.3 is 19.9 Å². The van der Waals surface area contributed by atoms with Crippen LogP contribution in [0.1, 0.15) is 6.92 Å². The third-order valence-electron chi connectivity index (χ3n) is 3.77. The van der Waals surface area contributed by atoms with Crippen LogP contribution in [-0.2, 0) is 0 Å². The summed E-state index contributed by atoms with van der Waals surface area (Å²) in [5, 5.41) is 3.31. The van der Waals surface area contributed by atoms with E-state index in [0.717, 1.165) is 25.4 Å². The standard InChI is InChI=1S/C15H25N3O/c1-12-10-17(3)11-13(9-16-2)18(12)14-7-5-6-8-15(14)19-4/h5-8,12-13,16H,9-11H2,1-4H3. The van der Waals surface area contributed by atoms with Crippen LogP contribution < -0.4 is 15.0 Å². The highest BCUT2D eigenvalue weighted by atomic mass is 16.5. The number of nitrogens with zero attached hydrogens (tertiary/aromatic N) is 2. The lowest BCUT2D eigenvalue weighted by Gasteiger charge is -2.46. The topological polar surface area (TPSA) is 27.7 Å². The third kappa shape index (κ3) is 3.01. The molecule has 4 heteroatoms. The molecule has 0 amide bonds. The zero-order chi connectivity index (χ0) is 13.8. The molecule has 1 fully saturated rings. The Morgan fingerprint density at radius 3 is 2.74 bits per heavy atom. The van der Waals surface area contributed by atoms with Crippen LogP contribution in [0.15, 0.2) is 24.3 Å². The quantitative estimate of drug-likeness (QED) is 0.889. The maximum atomic E-state index is 5.52. The fourth-order valence-corrected chi connectivity index (χ4v) is 3.10. The van der Waals surface area contributed by atoms with Gasteiger partial charge in [0.15, 0.2) is 0 Å². The second kappa shape index (κ2) is 6.26. The van der Waals surface area contributed by atoms with Gasteiger partial charge in [-0.1, -0.05) is 12.1 Å². The average Bonchev–Trinajstić information content (AvgIpc) is 2.39. The smallest absolute Gasteiger partial charge is 0.142 e. The molecule has 4 nitrogen and oxygen atoms in total. The second-order valence-corrected chi connectivity index (χ2v) is 5.36. The monoisotopic (exact) mass is 263 g/mol. The molecule has 2 atom stereocenters. The molecule has 1 aromatic carbocycles. The maximum absolute atomic E-state index is 5.52. The van der Waals surface area contributed by atoms with E-state index in [0.29, 0.717) is 12.1 Å². The van der Waals surface area contributed by atoms with Crippen molar-refractivity contribution in [3.8, 4) is 5.75 Å². The van der Waals surface area contributed by atoms with E-state index in [1.165, 1.54) is 5.69 Å². The fraction of sp³-hybridized carbons (Fsp3) is 0.600. The van der Waals surface area contributed by atoms with Crippen molar-refractivity contribution in [1.29, 1.82) is 0 Å². The third-order valence-corrected chi connectivity index (χ3v) is 3.77. The highest BCUT2D eigenvalue weighted by molar-refractivity contribution is 5.60. The van der Waals surface area contributed by atoms with Gasteiger partial charge in [0.1, 0.15) is 5.75 Å². The summed E-state index contributed by atoms with van der Waals surface area (Å²) >= 11 is 0. The molecule has 19 heavy (non-hydrogen) atoms. The van der Waals surface area contributed by atoms with Crippen molar-refractivity contribution < 1.29 is 4.74 Å². The van der Waals surface area contributed by atoms with Crippen LogP contribution in [-0.4, -0.2) is 57.8 Å². The first-order valence-corrected chi connectivity index (χ1v) is 6.92. The minimum atomic E-state index is 0.468. The molecule has 1 N–H and O–H groups in total. The molecule has 0 saturated carbocycles. The van der Waals surface area contributed by atoms with Gasteiger partial charge in [0, 0.05) is 25.7 Å². The van der Waals surface area contributed by atoms with Crippen LogP contribution in [0.2, 0.25) is 0 Å². The number of benzene rings is 1. The van der Waals surface area contributed by atoms with Crippen molar-refractivity contribution in [3.63, 3.8) is 0 Å². The zero-order valence-electron chi connectivity index (χ0n) is 12.4. The lowest BCUT2D eigenvalue weighted by atomic mass is 10.1. The molecule has 0 spiro atoms. The van der Waals surface area contributed by atoms with E-state index in [4.69, 9.17) is 4.74 Å². The molecule has 2 unspecified atom stereocenters. The number of likely N-dealkylation sites (N-methyl/N-ethyl adjacent to an activating group) is 2. The van der Waals surface area contributed by atoms with Crippen LogP contribution in [0.3, 0.4) is 0 Å². The molecule has 1 saturated heterocycles. The Bertz CT molecular complexity index is 410. The lowest BCUT2D eigenvalue weighted by molar-refractivity contribution is 0.229. The number of para-hydroxylation sites is 2. The fourth-order valence-electron chi connectivity index (χ4n) is 3.10. The van der Waals surface area contributed by atoms with E-state index in [1.54, 1.807) is 7.11 Å². The van der Waals surface area contributed by atoms with Crippen molar-refractivity contribution in [2.45, 2.75) is 19.0 Å². The van der Waals surface area contributed by atoms with Crippen LogP contribution in [0.4, 0.5) is 5.69 Å². The largest absolute Gasteiger partial charge is 0.495 e. The van der Waals surface area contributed by atoms with Crippen molar-refractivity contribution in [2.24, 2.45) is 0 Å². The highest BCUT2D eigenvalue weighted by Gasteiger charge is 2.31. The number of methoxy groups -OCH3 is 1. The van der Waals surface area contributed by atoms with Gasteiger partial charge in [-0.2, -0.15) is 0 Å². The number of hydrogen-bond acceptors (Lipinski definition) is 4. The van der Waals surface area contributed by atoms with Crippen LogP contribution >= 0.6 is 0 Å². The number of anilines is 1. The number of piperazine rings is 1. The van der Waals surface area contributed by atoms with E-state index in [1.807, 2.05) is 19.2 Å². The first kappa shape index (κ1) is 14.2. The van der Waals surface area contributed by atoms with Crippen molar-refractivity contribution in [1.82, 2.24) is 10.2 Å². The summed E-state index contributed by atoms with van der Waals surface area (Å²) in [6.45, 7) is 5.42. The van der Waals surface area contributed by atoms with E-state index in [2.05, 4.69) is 41.2 Å². The molecule has 0 bridgehead atoms. The predicted octanol–water partition coefficient (Wildman–Crippen LogP) is 1.42. The predicted molar refractivity (Wildman–Crippen MR) is 80.1 cm³/mol. The maximum Gasteiger partial charge on any atom is 0.142 e. The molecule has 1 aliphatic heterocycles. The minimum Gasteiger partial charge on any atom is -0.495 e. The van der Waals surface area contributed by atoms with E-state index in [-0.39, 0.29) is 0 Å². The van der Waals surface area contributed by atoms with Crippen molar-refractivity contribution in [3.05, 3.63) is 24.3 Å². The number of hydrogen-bond donors (Lipinski definition) is 1. The summed E-state index contributed by atoms with van der Waals surface area (Å²) < 4.78 is 5.52. The molecule has 0 aromatic heterocycles. The van der Waals surface area contributed by atoms with E-state index < -0.39 is 0 Å². The van der Waals surface area contributed by atoms with Crippen LogP contribution in [0, 0.1) is 0 Å². The first-order chi connectivity index (χ1) is 9.17. The molecule has 1 aromatic rings. The molecule has 1 aliphatic rings.